The summed E-state index contributed by atoms with van der Waals surface area (Å²) in [4.78, 5) is 40.2. The van der Waals surface area contributed by atoms with Crippen LogP contribution in [0.4, 0.5) is 10.5 Å². The van der Waals surface area contributed by atoms with Gasteiger partial charge in [0.2, 0.25) is 18.3 Å². The summed E-state index contributed by atoms with van der Waals surface area (Å²) in [5.41, 5.74) is 4.02. The van der Waals surface area contributed by atoms with E-state index < -0.39 is 12.5 Å². The summed E-state index contributed by atoms with van der Waals surface area (Å²) in [5.74, 6) is 0.999. The molecule has 0 radical (unpaired) electrons. The molecule has 1 aliphatic carbocycles. The van der Waals surface area contributed by atoms with Gasteiger partial charge in [0, 0.05) is 42.9 Å². The minimum Gasteiger partial charge on any atom is -0.449 e. The Labute approximate surface area is 289 Å². The molecule has 0 bridgehead atoms. The number of aliphatic hydroxyl groups is 1. The fourth-order valence-corrected chi connectivity index (χ4v) is 6.79. The van der Waals surface area contributed by atoms with E-state index in [0.29, 0.717) is 51.3 Å². The number of anilines is 1. The van der Waals surface area contributed by atoms with Crippen LogP contribution in [0.3, 0.4) is 0 Å². The van der Waals surface area contributed by atoms with Gasteiger partial charge in [0.05, 0.1) is 59.9 Å². The van der Waals surface area contributed by atoms with E-state index in [0.717, 1.165) is 62.8 Å². The first kappa shape index (κ1) is 33.1. The summed E-state index contributed by atoms with van der Waals surface area (Å²) in [6.45, 7) is 2.75. The number of rotatable bonds is 11. The van der Waals surface area contributed by atoms with Gasteiger partial charge in [-0.3, -0.25) is 29.8 Å². The van der Waals surface area contributed by atoms with Gasteiger partial charge >= 0.3 is 6.09 Å². The highest BCUT2D eigenvalue weighted by molar-refractivity contribution is 9.11. The molecular formula is C31H36Br2N10O4. The molecule has 4 aliphatic rings. The highest BCUT2D eigenvalue weighted by Crippen LogP contribution is 2.30. The van der Waals surface area contributed by atoms with Crippen LogP contribution in [0.15, 0.2) is 78.7 Å². The predicted molar refractivity (Wildman–Crippen MR) is 187 cm³/mol. The molecule has 248 valence electrons. The van der Waals surface area contributed by atoms with Crippen molar-refractivity contribution in [1.29, 1.82) is 0 Å². The fourth-order valence-electron chi connectivity index (χ4n) is 5.46. The number of aliphatic imine (C=N–C) groups is 3. The molecule has 1 aromatic heterocycles. The SMILES string of the molecule is CN1C=CN=C2C=CC(NC3=NCCN3C(O)OCCCCCCOC(=O)N3CCN=C3Nc3ccc4nccnc4c3Br)=C(Br)C21. The molecular weight excluding hydrogens is 736 g/mol. The molecule has 6 rings (SSSR count). The Kier molecular flexibility index (Phi) is 10.8. The lowest BCUT2D eigenvalue weighted by Crippen LogP contribution is -2.47. The van der Waals surface area contributed by atoms with Crippen molar-refractivity contribution < 1.29 is 19.4 Å². The maximum Gasteiger partial charge on any atom is 0.416 e. The van der Waals surface area contributed by atoms with Crippen LogP contribution in [0, 0.1) is 0 Å². The summed E-state index contributed by atoms with van der Waals surface area (Å²) in [6.07, 6.45) is 12.6. The van der Waals surface area contributed by atoms with Crippen molar-refractivity contribution in [1.82, 2.24) is 30.0 Å². The summed E-state index contributed by atoms with van der Waals surface area (Å²) in [6, 6.07) is 3.71. The van der Waals surface area contributed by atoms with Crippen molar-refractivity contribution in [3.8, 4) is 0 Å². The molecule has 16 heteroatoms. The van der Waals surface area contributed by atoms with Crippen LogP contribution in [-0.4, -0.2) is 112 Å². The molecule has 2 atom stereocenters. The van der Waals surface area contributed by atoms with E-state index in [1.54, 1.807) is 23.5 Å². The highest BCUT2D eigenvalue weighted by atomic mass is 79.9. The minimum absolute atomic E-state index is 0.0176. The third-order valence-electron chi connectivity index (χ3n) is 7.94. The van der Waals surface area contributed by atoms with Gasteiger partial charge in [0.15, 0.2) is 0 Å². The number of amides is 1. The maximum atomic E-state index is 12.8. The van der Waals surface area contributed by atoms with Crippen LogP contribution >= 0.6 is 31.9 Å². The molecule has 0 saturated carbocycles. The molecule has 3 aliphatic heterocycles. The van der Waals surface area contributed by atoms with Crippen molar-refractivity contribution >= 4 is 72.3 Å². The van der Waals surface area contributed by atoms with Crippen molar-refractivity contribution in [3.05, 3.63) is 63.7 Å². The number of unbranched alkanes of at least 4 members (excludes halogenated alkanes) is 3. The molecule has 14 nitrogen and oxygen atoms in total. The van der Waals surface area contributed by atoms with E-state index in [2.05, 4.69) is 72.3 Å². The van der Waals surface area contributed by atoms with Gasteiger partial charge in [-0.1, -0.05) is 22.4 Å². The number of aromatic nitrogens is 2. The Balaban J connectivity index is 0.873. The summed E-state index contributed by atoms with van der Waals surface area (Å²) < 4.78 is 13.0. The van der Waals surface area contributed by atoms with Crippen LogP contribution in [-0.2, 0) is 9.47 Å². The fraction of sp³-hybridized carbons (Fsp3) is 0.419. The Bertz CT molecular complexity index is 1680. The standard InChI is InChI=1S/C31H36Br2N10O4/c1-41-15-12-35-23-9-7-21(25(33)27(23)41)40-29-38-14-17-43(29)31(45)47-19-5-3-2-4-18-46-30(44)42-16-13-37-28(42)39-20-6-8-22-26(24(20)32)36-11-10-34-22/h6-12,15,27,31,45H,2-5,13-14,16-19H2,1H3,(H,37,39)(H,38,40). The molecule has 2 aromatic rings. The van der Waals surface area contributed by atoms with Gasteiger partial charge in [-0.25, -0.2) is 9.69 Å². The monoisotopic (exact) mass is 770 g/mol. The van der Waals surface area contributed by atoms with Crippen LogP contribution in [0.2, 0.25) is 0 Å². The Hall–Kier alpha value is -3.86. The lowest BCUT2D eigenvalue weighted by molar-refractivity contribution is -0.167. The Morgan fingerprint density at radius 3 is 2.68 bits per heavy atom. The lowest BCUT2D eigenvalue weighted by atomic mass is 10.0. The number of guanidine groups is 2. The minimum atomic E-state index is -1.11. The zero-order valence-corrected chi connectivity index (χ0v) is 29.0. The summed E-state index contributed by atoms with van der Waals surface area (Å²) in [5, 5.41) is 17.3. The van der Waals surface area contributed by atoms with Crippen molar-refractivity contribution in [2.45, 2.75) is 38.1 Å². The molecule has 47 heavy (non-hydrogen) atoms. The van der Waals surface area contributed by atoms with E-state index in [9.17, 15) is 9.90 Å². The van der Waals surface area contributed by atoms with Crippen LogP contribution in [0.5, 0.6) is 0 Å². The Morgan fingerprint density at radius 1 is 1.02 bits per heavy atom. The predicted octanol–water partition coefficient (Wildman–Crippen LogP) is 4.13. The van der Waals surface area contributed by atoms with Gasteiger partial charge in [0.1, 0.15) is 11.6 Å². The second kappa shape index (κ2) is 15.4. The van der Waals surface area contributed by atoms with E-state index in [-0.39, 0.29) is 6.04 Å². The number of nitrogens with one attached hydrogen (secondary N) is 2. The molecule has 1 aromatic carbocycles. The zero-order chi connectivity index (χ0) is 32.8. The van der Waals surface area contributed by atoms with Crippen LogP contribution in [0.1, 0.15) is 25.7 Å². The molecule has 1 amide bonds. The first-order valence-electron chi connectivity index (χ1n) is 15.5. The number of fused-ring (bicyclic) bond motifs is 2. The number of carbonyl (C=O) groups is 1. The quantitative estimate of drug-likeness (QED) is 0.225. The van der Waals surface area contributed by atoms with Crippen molar-refractivity contribution in [2.75, 3.05) is 51.8 Å². The number of ether oxygens (including phenoxy) is 2. The average Bonchev–Trinajstić information content (AvgIpc) is 3.75. The number of hydrogen-bond acceptors (Lipinski definition) is 13. The lowest BCUT2D eigenvalue weighted by Gasteiger charge is -2.33. The number of hydrogen-bond donors (Lipinski definition) is 3. The third-order valence-corrected chi connectivity index (χ3v) is 9.60. The molecule has 0 spiro atoms. The van der Waals surface area contributed by atoms with Gasteiger partial charge in [-0.05, 0) is 59.5 Å². The number of aliphatic hydroxyl groups excluding tert-OH is 1. The molecule has 0 fully saturated rings. The number of nitrogens with zero attached hydrogens (tertiary/aromatic N) is 8. The third kappa shape index (κ3) is 7.66. The van der Waals surface area contributed by atoms with Gasteiger partial charge in [-0.15, -0.1) is 0 Å². The van der Waals surface area contributed by atoms with E-state index in [4.69, 9.17) is 9.47 Å². The number of likely N-dealkylation sites (N-methyl/N-ethyl adjacent to an activating group) is 1. The number of benzene rings is 1. The number of carbonyl (C=O) groups excluding carboxylic acids is 1. The Morgan fingerprint density at radius 2 is 1.81 bits per heavy atom. The average molecular weight is 773 g/mol. The number of allylic oxidation sites excluding steroid dienone is 1. The first-order chi connectivity index (χ1) is 22.9. The molecule has 0 saturated heterocycles. The summed E-state index contributed by atoms with van der Waals surface area (Å²) in [7, 11) is 2.00. The smallest absolute Gasteiger partial charge is 0.416 e. The molecule has 4 heterocycles. The van der Waals surface area contributed by atoms with Gasteiger partial charge in [0.25, 0.3) is 0 Å². The van der Waals surface area contributed by atoms with Crippen LogP contribution < -0.4 is 10.6 Å². The second-order valence-electron chi connectivity index (χ2n) is 11.1. The maximum absolute atomic E-state index is 12.8. The summed E-state index contributed by atoms with van der Waals surface area (Å²) >= 11 is 7.31. The largest absolute Gasteiger partial charge is 0.449 e. The van der Waals surface area contributed by atoms with Crippen molar-refractivity contribution in [2.24, 2.45) is 15.0 Å². The zero-order valence-electron chi connectivity index (χ0n) is 25.9. The van der Waals surface area contributed by atoms with E-state index in [1.807, 2.05) is 37.5 Å². The van der Waals surface area contributed by atoms with Gasteiger partial charge < -0.3 is 30.1 Å². The van der Waals surface area contributed by atoms with E-state index in [1.165, 1.54) is 4.90 Å². The second-order valence-corrected chi connectivity index (χ2v) is 12.7. The molecule has 3 N–H and O–H groups in total. The molecule has 2 unspecified atom stereocenters. The number of halogens is 2. The highest BCUT2D eigenvalue weighted by Gasteiger charge is 2.31. The topological polar surface area (TPSA) is 152 Å². The van der Waals surface area contributed by atoms with Gasteiger partial charge in [-0.2, -0.15) is 0 Å². The first-order valence-corrected chi connectivity index (χ1v) is 17.1. The normalized spacial score (nSPS) is 19.5. The van der Waals surface area contributed by atoms with E-state index >= 15 is 0 Å². The van der Waals surface area contributed by atoms with Crippen molar-refractivity contribution in [3.63, 3.8) is 0 Å². The van der Waals surface area contributed by atoms with Crippen LogP contribution in [0.25, 0.3) is 11.0 Å².